The van der Waals surface area contributed by atoms with Gasteiger partial charge in [-0.1, -0.05) is 25.3 Å². The van der Waals surface area contributed by atoms with E-state index in [0.29, 0.717) is 0 Å². The minimum absolute atomic E-state index is 0.257. The number of carboxylic acid groups (broad SMARTS) is 1. The zero-order valence-electron chi connectivity index (χ0n) is 7.16. The summed E-state index contributed by atoms with van der Waals surface area (Å²) in [6.45, 7) is 7.16. The fourth-order valence-electron chi connectivity index (χ4n) is 1.04. The molecule has 0 unspecified atom stereocenters. The molecule has 1 N–H and O–H groups in total. The summed E-state index contributed by atoms with van der Waals surface area (Å²) in [6.07, 6.45) is 3.22. The molecule has 0 saturated carbocycles. The maximum Gasteiger partial charge on any atom is 0.335 e. The summed E-state index contributed by atoms with van der Waals surface area (Å²) in [5.74, 6) is -0.938. The Labute approximate surface area is 76.8 Å². The predicted octanol–water partition coefficient (Wildman–Crippen LogP) is 2.67. The fraction of sp³-hybridized carbons (Fsp3) is 0. The van der Waals surface area contributed by atoms with Crippen molar-refractivity contribution in [2.75, 3.05) is 0 Å². The van der Waals surface area contributed by atoms with Gasteiger partial charge in [0, 0.05) is 0 Å². The summed E-state index contributed by atoms with van der Waals surface area (Å²) in [5, 5.41) is 8.76. The van der Waals surface area contributed by atoms with Gasteiger partial charge in [0.2, 0.25) is 0 Å². The van der Waals surface area contributed by atoms with Gasteiger partial charge in [0.1, 0.15) is 0 Å². The molecule has 66 valence electrons. The molecule has 0 saturated heterocycles. The summed E-state index contributed by atoms with van der Waals surface area (Å²) in [4.78, 5) is 10.7. The van der Waals surface area contributed by atoms with E-state index in [4.69, 9.17) is 5.11 Å². The number of benzene rings is 1. The van der Waals surface area contributed by atoms with Crippen LogP contribution in [-0.4, -0.2) is 11.1 Å². The zero-order valence-corrected chi connectivity index (χ0v) is 7.16. The van der Waals surface area contributed by atoms with Gasteiger partial charge in [-0.3, -0.25) is 0 Å². The first kappa shape index (κ1) is 9.26. The van der Waals surface area contributed by atoms with E-state index in [1.165, 1.54) is 0 Å². The van der Waals surface area contributed by atoms with Gasteiger partial charge in [-0.05, 0) is 29.3 Å². The highest BCUT2D eigenvalue weighted by Crippen LogP contribution is 2.12. The Bertz CT molecular complexity index is 338. The van der Waals surface area contributed by atoms with Crippen molar-refractivity contribution in [3.63, 3.8) is 0 Å². The molecule has 1 aromatic carbocycles. The molecule has 1 rings (SSSR count). The van der Waals surface area contributed by atoms with Crippen molar-refractivity contribution in [1.82, 2.24) is 0 Å². The van der Waals surface area contributed by atoms with Crippen LogP contribution in [0.1, 0.15) is 21.5 Å². The molecule has 0 aliphatic carbocycles. The van der Waals surface area contributed by atoms with E-state index in [1.807, 2.05) is 6.07 Å². The van der Waals surface area contributed by atoms with Crippen LogP contribution in [0.3, 0.4) is 0 Å². The average Bonchev–Trinajstić information content (AvgIpc) is 2.16. The van der Waals surface area contributed by atoms with Gasteiger partial charge in [0.15, 0.2) is 0 Å². The van der Waals surface area contributed by atoms with Crippen LogP contribution in [0, 0.1) is 0 Å². The zero-order chi connectivity index (χ0) is 9.84. The maximum absolute atomic E-state index is 10.7. The van der Waals surface area contributed by atoms with Gasteiger partial charge in [0.05, 0.1) is 5.56 Å². The van der Waals surface area contributed by atoms with E-state index >= 15 is 0 Å². The molecular formula is C11H10O2. The first-order chi connectivity index (χ1) is 6.17. The van der Waals surface area contributed by atoms with Crippen LogP contribution >= 0.6 is 0 Å². The number of hydrogen-bond donors (Lipinski definition) is 1. The largest absolute Gasteiger partial charge is 0.478 e. The summed E-state index contributed by atoms with van der Waals surface area (Å²) in [6, 6.07) is 4.97. The van der Waals surface area contributed by atoms with Gasteiger partial charge < -0.3 is 5.11 Å². The summed E-state index contributed by atoms with van der Waals surface area (Å²) < 4.78 is 0. The first-order valence-electron chi connectivity index (χ1n) is 3.80. The maximum atomic E-state index is 10.7. The number of carboxylic acids is 1. The van der Waals surface area contributed by atoms with Crippen LogP contribution in [0.25, 0.3) is 12.2 Å². The molecule has 0 aliphatic rings. The van der Waals surface area contributed by atoms with Crippen molar-refractivity contribution in [1.29, 1.82) is 0 Å². The smallest absolute Gasteiger partial charge is 0.335 e. The van der Waals surface area contributed by atoms with Gasteiger partial charge in [-0.15, -0.1) is 0 Å². The van der Waals surface area contributed by atoms with Crippen LogP contribution < -0.4 is 0 Å². The number of hydrogen-bond acceptors (Lipinski definition) is 1. The van der Waals surface area contributed by atoms with E-state index < -0.39 is 5.97 Å². The Morgan fingerprint density at radius 3 is 1.92 bits per heavy atom. The number of carbonyl (C=O) groups is 1. The standard InChI is InChI=1S/C11H10O2/c1-3-8-5-9(4-2)7-10(6-8)11(12)13/h3-7H,1-2H2,(H,12,13). The second kappa shape index (κ2) is 3.72. The monoisotopic (exact) mass is 174 g/mol. The second-order valence-electron chi connectivity index (χ2n) is 2.60. The van der Waals surface area contributed by atoms with Crippen LogP contribution in [0.4, 0.5) is 0 Å². The quantitative estimate of drug-likeness (QED) is 0.764. The van der Waals surface area contributed by atoms with Crippen LogP contribution in [0.2, 0.25) is 0 Å². The Balaban J connectivity index is 3.30. The third-order valence-corrected chi connectivity index (χ3v) is 1.70. The fourth-order valence-corrected chi connectivity index (χ4v) is 1.04. The summed E-state index contributed by atoms with van der Waals surface area (Å²) >= 11 is 0. The molecular weight excluding hydrogens is 164 g/mol. The Morgan fingerprint density at radius 1 is 1.15 bits per heavy atom. The van der Waals surface area contributed by atoms with E-state index in [2.05, 4.69) is 13.2 Å². The first-order valence-corrected chi connectivity index (χ1v) is 3.80. The lowest BCUT2D eigenvalue weighted by molar-refractivity contribution is 0.0697. The molecule has 0 aliphatic heterocycles. The van der Waals surface area contributed by atoms with Gasteiger partial charge in [0.25, 0.3) is 0 Å². The lowest BCUT2D eigenvalue weighted by atomic mass is 10.1. The van der Waals surface area contributed by atoms with Crippen molar-refractivity contribution >= 4 is 18.1 Å². The topological polar surface area (TPSA) is 37.3 Å². The second-order valence-corrected chi connectivity index (χ2v) is 2.60. The highest BCUT2D eigenvalue weighted by molar-refractivity contribution is 5.89. The highest BCUT2D eigenvalue weighted by atomic mass is 16.4. The predicted molar refractivity (Wildman–Crippen MR) is 53.6 cm³/mol. The molecule has 0 amide bonds. The Kier molecular flexibility index (Phi) is 2.65. The summed E-state index contributed by atoms with van der Waals surface area (Å²) in [7, 11) is 0. The van der Waals surface area contributed by atoms with E-state index in [9.17, 15) is 4.79 Å². The average molecular weight is 174 g/mol. The van der Waals surface area contributed by atoms with Crippen molar-refractivity contribution in [3.05, 3.63) is 48.0 Å². The highest BCUT2D eigenvalue weighted by Gasteiger charge is 2.03. The molecule has 13 heavy (non-hydrogen) atoms. The van der Waals surface area contributed by atoms with Crippen LogP contribution in [-0.2, 0) is 0 Å². The van der Waals surface area contributed by atoms with Crippen molar-refractivity contribution in [2.45, 2.75) is 0 Å². The van der Waals surface area contributed by atoms with Gasteiger partial charge >= 0.3 is 5.97 Å². The van der Waals surface area contributed by atoms with Crippen LogP contribution in [0.5, 0.6) is 0 Å². The molecule has 0 spiro atoms. The molecule has 0 fully saturated rings. The molecule has 1 aromatic rings. The molecule has 0 atom stereocenters. The van der Waals surface area contributed by atoms with Crippen molar-refractivity contribution in [3.8, 4) is 0 Å². The molecule has 0 radical (unpaired) electrons. The van der Waals surface area contributed by atoms with Crippen molar-refractivity contribution < 1.29 is 9.90 Å². The van der Waals surface area contributed by atoms with Gasteiger partial charge in [-0.25, -0.2) is 4.79 Å². The van der Waals surface area contributed by atoms with E-state index in [-0.39, 0.29) is 5.56 Å². The molecule has 2 heteroatoms. The minimum atomic E-state index is -0.938. The third kappa shape index (κ3) is 2.06. The van der Waals surface area contributed by atoms with E-state index in [1.54, 1.807) is 24.3 Å². The lowest BCUT2D eigenvalue weighted by Crippen LogP contribution is -1.96. The minimum Gasteiger partial charge on any atom is -0.478 e. The Hall–Kier alpha value is -1.83. The Morgan fingerprint density at radius 2 is 1.62 bits per heavy atom. The lowest BCUT2D eigenvalue weighted by Gasteiger charge is -2.00. The molecule has 2 nitrogen and oxygen atoms in total. The van der Waals surface area contributed by atoms with Crippen molar-refractivity contribution in [2.24, 2.45) is 0 Å². The third-order valence-electron chi connectivity index (χ3n) is 1.70. The number of aromatic carboxylic acids is 1. The molecule has 0 heterocycles. The van der Waals surface area contributed by atoms with Gasteiger partial charge in [-0.2, -0.15) is 0 Å². The van der Waals surface area contributed by atoms with Crippen LogP contribution in [0.15, 0.2) is 31.4 Å². The van der Waals surface area contributed by atoms with E-state index in [0.717, 1.165) is 11.1 Å². The SMILES string of the molecule is C=Cc1cc(C=C)cc(C(=O)O)c1. The molecule has 0 aromatic heterocycles. The normalized spacial score (nSPS) is 9.23. The summed E-state index contributed by atoms with van der Waals surface area (Å²) in [5.41, 5.74) is 1.83. The number of rotatable bonds is 3. The molecule has 0 bridgehead atoms.